The van der Waals surface area contributed by atoms with Crippen molar-refractivity contribution in [1.29, 1.82) is 0 Å². The first kappa shape index (κ1) is 15.8. The van der Waals surface area contributed by atoms with Crippen LogP contribution < -0.4 is 5.32 Å². The van der Waals surface area contributed by atoms with Gasteiger partial charge < -0.3 is 10.1 Å². The van der Waals surface area contributed by atoms with Gasteiger partial charge in [0.25, 0.3) is 0 Å². The highest BCUT2D eigenvalue weighted by Crippen LogP contribution is 2.13. The first-order valence-corrected chi connectivity index (χ1v) is 6.89. The molecule has 2 rings (SSSR count). The van der Waals surface area contributed by atoms with E-state index in [1.165, 1.54) is 13.2 Å². The van der Waals surface area contributed by atoms with Gasteiger partial charge in [-0.15, -0.1) is 0 Å². The Morgan fingerprint density at radius 3 is 2.64 bits per heavy atom. The molecule has 0 unspecified atom stereocenters. The lowest BCUT2D eigenvalue weighted by Crippen LogP contribution is -2.09. The van der Waals surface area contributed by atoms with Gasteiger partial charge in [-0.2, -0.15) is 0 Å². The van der Waals surface area contributed by atoms with Gasteiger partial charge in [-0.1, -0.05) is 29.8 Å². The molecule has 0 saturated heterocycles. The summed E-state index contributed by atoms with van der Waals surface area (Å²) in [7, 11) is 1.31. The lowest BCUT2D eigenvalue weighted by atomic mass is 10.2. The summed E-state index contributed by atoms with van der Waals surface area (Å²) in [5.74, 6) is -0.757. The van der Waals surface area contributed by atoms with Crippen molar-refractivity contribution in [1.82, 2.24) is 0 Å². The second-order valence-corrected chi connectivity index (χ2v) is 4.89. The lowest BCUT2D eigenvalue weighted by molar-refractivity contribution is -0.111. The fraction of sp³-hybridized carbons (Fsp3) is 0.0588. The van der Waals surface area contributed by atoms with Gasteiger partial charge in [-0.25, -0.2) is 4.79 Å². The molecule has 0 aliphatic carbocycles. The van der Waals surface area contributed by atoms with Gasteiger partial charge in [0.2, 0.25) is 5.91 Å². The van der Waals surface area contributed by atoms with Crippen molar-refractivity contribution >= 4 is 35.2 Å². The van der Waals surface area contributed by atoms with Crippen LogP contribution in [0, 0.1) is 0 Å². The molecule has 2 aromatic carbocycles. The van der Waals surface area contributed by atoms with E-state index in [1.807, 2.05) is 6.07 Å². The Kier molecular flexibility index (Phi) is 5.33. The zero-order valence-electron chi connectivity index (χ0n) is 11.9. The van der Waals surface area contributed by atoms with Crippen LogP contribution >= 0.6 is 11.6 Å². The number of benzene rings is 2. The van der Waals surface area contributed by atoms with Gasteiger partial charge in [0.1, 0.15) is 0 Å². The number of hydrogen-bond donors (Lipinski definition) is 1. The molecular weight excluding hydrogens is 302 g/mol. The second-order valence-electron chi connectivity index (χ2n) is 4.45. The molecule has 5 heteroatoms. The highest BCUT2D eigenvalue weighted by atomic mass is 35.5. The molecule has 0 spiro atoms. The van der Waals surface area contributed by atoms with Crippen molar-refractivity contribution in [3.8, 4) is 0 Å². The number of esters is 1. The summed E-state index contributed by atoms with van der Waals surface area (Å²) in [5, 5.41) is 3.28. The molecule has 112 valence electrons. The topological polar surface area (TPSA) is 55.4 Å². The number of halogens is 1. The van der Waals surface area contributed by atoms with Gasteiger partial charge in [0.15, 0.2) is 0 Å². The normalized spacial score (nSPS) is 10.5. The molecule has 0 bridgehead atoms. The molecule has 1 amide bonds. The molecule has 1 N–H and O–H groups in total. The molecular formula is C17H14ClNO3. The van der Waals surface area contributed by atoms with Gasteiger partial charge in [0.05, 0.1) is 12.7 Å². The van der Waals surface area contributed by atoms with Crippen LogP contribution in [0.3, 0.4) is 0 Å². The van der Waals surface area contributed by atoms with Crippen LogP contribution in [0.5, 0.6) is 0 Å². The maximum Gasteiger partial charge on any atom is 0.337 e. The van der Waals surface area contributed by atoms with E-state index >= 15 is 0 Å². The average molecular weight is 316 g/mol. The van der Waals surface area contributed by atoms with Gasteiger partial charge >= 0.3 is 5.97 Å². The number of carbonyl (C=O) groups excluding carboxylic acids is 2. The van der Waals surface area contributed by atoms with Crippen LogP contribution in [0.15, 0.2) is 54.6 Å². The third kappa shape index (κ3) is 4.46. The van der Waals surface area contributed by atoms with Crippen LogP contribution in [-0.4, -0.2) is 19.0 Å². The zero-order valence-corrected chi connectivity index (χ0v) is 12.6. The summed E-state index contributed by atoms with van der Waals surface area (Å²) >= 11 is 5.87. The van der Waals surface area contributed by atoms with Crippen molar-refractivity contribution in [3.63, 3.8) is 0 Å². The van der Waals surface area contributed by atoms with Crippen molar-refractivity contribution in [3.05, 3.63) is 70.8 Å². The maximum absolute atomic E-state index is 11.9. The average Bonchev–Trinajstić information content (AvgIpc) is 2.52. The van der Waals surface area contributed by atoms with Crippen LogP contribution in [-0.2, 0) is 9.53 Å². The summed E-state index contributed by atoms with van der Waals surface area (Å²) in [6.07, 6.45) is 3.06. The SMILES string of the molecule is COC(=O)c1cccc(NC(=O)C=Cc2cccc(Cl)c2)c1. The number of methoxy groups -OCH3 is 1. The monoisotopic (exact) mass is 315 g/mol. The van der Waals surface area contributed by atoms with Gasteiger partial charge in [0, 0.05) is 16.8 Å². The quantitative estimate of drug-likeness (QED) is 0.690. The van der Waals surface area contributed by atoms with Crippen LogP contribution in [0.1, 0.15) is 15.9 Å². The summed E-state index contributed by atoms with van der Waals surface area (Å²) in [4.78, 5) is 23.3. The third-order valence-electron chi connectivity index (χ3n) is 2.83. The van der Waals surface area contributed by atoms with E-state index in [1.54, 1.807) is 48.5 Å². The second kappa shape index (κ2) is 7.43. The summed E-state index contributed by atoms with van der Waals surface area (Å²) in [5.41, 5.74) is 1.72. The minimum Gasteiger partial charge on any atom is -0.465 e. The number of nitrogens with one attached hydrogen (secondary N) is 1. The summed E-state index contributed by atoms with van der Waals surface area (Å²) in [6, 6.07) is 13.7. The minimum absolute atomic E-state index is 0.304. The fourth-order valence-electron chi connectivity index (χ4n) is 1.81. The van der Waals surface area contributed by atoms with Crippen LogP contribution in [0.2, 0.25) is 5.02 Å². The Bertz CT molecular complexity index is 725. The smallest absolute Gasteiger partial charge is 0.337 e. The van der Waals surface area contributed by atoms with Crippen molar-refractivity contribution in [2.45, 2.75) is 0 Å². The fourth-order valence-corrected chi connectivity index (χ4v) is 2.01. The maximum atomic E-state index is 11.9. The number of ether oxygens (including phenoxy) is 1. The van der Waals surface area contributed by atoms with E-state index in [-0.39, 0.29) is 5.91 Å². The lowest BCUT2D eigenvalue weighted by Gasteiger charge is -2.04. The van der Waals surface area contributed by atoms with E-state index in [0.717, 1.165) is 5.56 Å². The predicted octanol–water partition coefficient (Wildman–Crippen LogP) is 3.78. The number of carbonyl (C=O) groups is 2. The first-order valence-electron chi connectivity index (χ1n) is 6.51. The summed E-state index contributed by atoms with van der Waals surface area (Å²) < 4.78 is 4.63. The van der Waals surface area contributed by atoms with Gasteiger partial charge in [-0.3, -0.25) is 4.79 Å². The van der Waals surface area contributed by atoms with Crippen LogP contribution in [0.25, 0.3) is 6.08 Å². The highest BCUT2D eigenvalue weighted by molar-refractivity contribution is 6.30. The Balaban J connectivity index is 2.04. The number of rotatable bonds is 4. The van der Waals surface area contributed by atoms with Crippen molar-refractivity contribution in [2.24, 2.45) is 0 Å². The number of anilines is 1. The van der Waals surface area contributed by atoms with E-state index in [9.17, 15) is 9.59 Å². The molecule has 0 heterocycles. The first-order chi connectivity index (χ1) is 10.6. The summed E-state index contributed by atoms with van der Waals surface area (Å²) in [6.45, 7) is 0. The molecule has 0 aromatic heterocycles. The Labute approximate surface area is 133 Å². The number of amides is 1. The van der Waals surface area contributed by atoms with E-state index < -0.39 is 5.97 Å². The molecule has 0 fully saturated rings. The molecule has 0 aliphatic heterocycles. The third-order valence-corrected chi connectivity index (χ3v) is 3.06. The highest BCUT2D eigenvalue weighted by Gasteiger charge is 2.06. The standard InChI is InChI=1S/C17H14ClNO3/c1-22-17(21)13-5-3-7-15(11-13)19-16(20)9-8-12-4-2-6-14(18)10-12/h2-11H,1H3,(H,19,20). The van der Waals surface area contributed by atoms with Gasteiger partial charge in [-0.05, 0) is 42.0 Å². The largest absolute Gasteiger partial charge is 0.465 e. The molecule has 0 aliphatic rings. The van der Waals surface area contributed by atoms with E-state index in [0.29, 0.717) is 16.3 Å². The van der Waals surface area contributed by atoms with Crippen LogP contribution in [0.4, 0.5) is 5.69 Å². The van der Waals surface area contributed by atoms with E-state index in [4.69, 9.17) is 11.6 Å². The Morgan fingerprint density at radius 1 is 1.14 bits per heavy atom. The van der Waals surface area contributed by atoms with E-state index in [2.05, 4.69) is 10.1 Å². The van der Waals surface area contributed by atoms with Crippen molar-refractivity contribution in [2.75, 3.05) is 12.4 Å². The minimum atomic E-state index is -0.453. The predicted molar refractivity (Wildman–Crippen MR) is 86.9 cm³/mol. The number of hydrogen-bond acceptors (Lipinski definition) is 3. The van der Waals surface area contributed by atoms with Crippen molar-refractivity contribution < 1.29 is 14.3 Å². The molecule has 4 nitrogen and oxygen atoms in total. The Morgan fingerprint density at radius 2 is 1.91 bits per heavy atom. The molecule has 0 saturated carbocycles. The molecule has 2 aromatic rings. The molecule has 22 heavy (non-hydrogen) atoms. The Hall–Kier alpha value is -2.59. The zero-order chi connectivity index (χ0) is 15.9. The molecule has 0 radical (unpaired) electrons. The molecule has 0 atom stereocenters.